The number of ether oxygens (including phenoxy) is 1. The molecule has 6 nitrogen and oxygen atoms in total. The molecule has 2 N–H and O–H groups in total. The average Bonchev–Trinajstić information content (AvgIpc) is 2.49. The van der Waals surface area contributed by atoms with Gasteiger partial charge in [-0.1, -0.05) is 6.07 Å². The molecule has 3 heterocycles. The third-order valence-corrected chi connectivity index (χ3v) is 2.83. The van der Waals surface area contributed by atoms with Gasteiger partial charge >= 0.3 is 0 Å². The highest BCUT2D eigenvalue weighted by atomic mass is 35.5. The van der Waals surface area contributed by atoms with E-state index in [1.165, 1.54) is 0 Å². The standard InChI is InChI=1S/C13H15N5O.2ClH/c1-2-5-15-11(3-1)17-12-4-6-16-13(18-12)10-9-19-8-7-14-10;;/h1-6,10,14H,7-9H2,(H,15,16,17,18);2*1H. The second-order valence-electron chi connectivity index (χ2n) is 4.22. The van der Waals surface area contributed by atoms with Crippen LogP contribution in [0.1, 0.15) is 11.9 Å². The van der Waals surface area contributed by atoms with Gasteiger partial charge in [0.25, 0.3) is 0 Å². The van der Waals surface area contributed by atoms with Gasteiger partial charge < -0.3 is 15.4 Å². The molecule has 1 fully saturated rings. The average molecular weight is 330 g/mol. The molecule has 1 aliphatic heterocycles. The first kappa shape index (κ1) is 17.6. The number of hydrogen-bond donors (Lipinski definition) is 2. The number of halogens is 2. The largest absolute Gasteiger partial charge is 0.378 e. The van der Waals surface area contributed by atoms with E-state index in [4.69, 9.17) is 4.74 Å². The van der Waals surface area contributed by atoms with E-state index >= 15 is 0 Å². The summed E-state index contributed by atoms with van der Waals surface area (Å²) >= 11 is 0. The first-order chi connectivity index (χ1) is 9.42. The van der Waals surface area contributed by atoms with Crippen LogP contribution in [0.2, 0.25) is 0 Å². The third kappa shape index (κ3) is 4.78. The van der Waals surface area contributed by atoms with Crippen LogP contribution in [-0.4, -0.2) is 34.7 Å². The molecule has 0 aromatic carbocycles. The summed E-state index contributed by atoms with van der Waals surface area (Å²) in [5.74, 6) is 2.23. The summed E-state index contributed by atoms with van der Waals surface area (Å²) in [6.45, 7) is 2.17. The minimum atomic E-state index is 0. The van der Waals surface area contributed by atoms with E-state index in [0.29, 0.717) is 6.61 Å². The van der Waals surface area contributed by atoms with Crippen molar-refractivity contribution in [3.05, 3.63) is 42.5 Å². The fraction of sp³-hybridized carbons (Fsp3) is 0.308. The maximum Gasteiger partial charge on any atom is 0.149 e. The molecule has 1 saturated heterocycles. The molecule has 0 amide bonds. The van der Waals surface area contributed by atoms with Gasteiger partial charge in [-0.05, 0) is 18.2 Å². The number of pyridine rings is 1. The molecule has 114 valence electrons. The molecule has 2 aromatic heterocycles. The van der Waals surface area contributed by atoms with Crippen molar-refractivity contribution in [3.63, 3.8) is 0 Å². The molecular formula is C13H17Cl2N5O. The topological polar surface area (TPSA) is 72.0 Å². The van der Waals surface area contributed by atoms with Crippen molar-refractivity contribution in [3.8, 4) is 0 Å². The lowest BCUT2D eigenvalue weighted by molar-refractivity contribution is 0.0742. The normalized spacial score (nSPS) is 17.2. The number of nitrogens with zero attached hydrogens (tertiary/aromatic N) is 3. The quantitative estimate of drug-likeness (QED) is 0.898. The van der Waals surface area contributed by atoms with Crippen molar-refractivity contribution < 1.29 is 4.74 Å². The number of aromatic nitrogens is 3. The molecule has 0 saturated carbocycles. The summed E-state index contributed by atoms with van der Waals surface area (Å²) in [6, 6.07) is 7.57. The monoisotopic (exact) mass is 329 g/mol. The molecule has 0 radical (unpaired) electrons. The van der Waals surface area contributed by atoms with Crippen LogP contribution in [0, 0.1) is 0 Å². The maximum absolute atomic E-state index is 5.42. The summed E-state index contributed by atoms with van der Waals surface area (Å²) in [5.41, 5.74) is 0. The van der Waals surface area contributed by atoms with Gasteiger partial charge in [0, 0.05) is 18.9 Å². The summed E-state index contributed by atoms with van der Waals surface area (Å²) in [4.78, 5) is 13.0. The fourth-order valence-electron chi connectivity index (χ4n) is 1.91. The Kier molecular flexibility index (Phi) is 7.31. The zero-order chi connectivity index (χ0) is 12.9. The van der Waals surface area contributed by atoms with Gasteiger partial charge in [-0.2, -0.15) is 0 Å². The lowest BCUT2D eigenvalue weighted by atomic mass is 10.2. The highest BCUT2D eigenvalue weighted by molar-refractivity contribution is 5.85. The molecule has 1 unspecified atom stereocenters. The SMILES string of the molecule is Cl.Cl.c1ccc(Nc2ccnc(C3COCCN3)n2)nc1. The number of morpholine rings is 1. The Labute approximate surface area is 135 Å². The smallest absolute Gasteiger partial charge is 0.149 e. The number of anilines is 2. The lowest BCUT2D eigenvalue weighted by Gasteiger charge is -2.22. The van der Waals surface area contributed by atoms with Crippen molar-refractivity contribution in [1.82, 2.24) is 20.3 Å². The van der Waals surface area contributed by atoms with Crippen molar-refractivity contribution in [1.29, 1.82) is 0 Å². The highest BCUT2D eigenvalue weighted by Crippen LogP contribution is 2.15. The van der Waals surface area contributed by atoms with E-state index in [1.54, 1.807) is 12.4 Å². The molecule has 1 atom stereocenters. The van der Waals surface area contributed by atoms with Gasteiger partial charge in [-0.3, -0.25) is 0 Å². The van der Waals surface area contributed by atoms with E-state index in [9.17, 15) is 0 Å². The minimum absolute atomic E-state index is 0. The van der Waals surface area contributed by atoms with Crippen LogP contribution in [0.25, 0.3) is 0 Å². The van der Waals surface area contributed by atoms with Crippen molar-refractivity contribution >= 4 is 36.4 Å². The van der Waals surface area contributed by atoms with Gasteiger partial charge in [-0.15, -0.1) is 24.8 Å². The zero-order valence-corrected chi connectivity index (χ0v) is 12.9. The van der Waals surface area contributed by atoms with E-state index in [0.717, 1.165) is 30.6 Å². The molecule has 0 bridgehead atoms. The van der Waals surface area contributed by atoms with Crippen molar-refractivity contribution in [2.45, 2.75) is 6.04 Å². The Morgan fingerprint density at radius 1 is 1.10 bits per heavy atom. The molecule has 2 aromatic rings. The molecule has 8 heteroatoms. The van der Waals surface area contributed by atoms with Crippen LogP contribution in [0.4, 0.5) is 11.6 Å². The number of rotatable bonds is 3. The van der Waals surface area contributed by atoms with Crippen LogP contribution in [0.3, 0.4) is 0 Å². The first-order valence-corrected chi connectivity index (χ1v) is 6.24. The van der Waals surface area contributed by atoms with Gasteiger partial charge in [0.2, 0.25) is 0 Å². The Hall–Kier alpha value is -1.47. The van der Waals surface area contributed by atoms with Crippen molar-refractivity contribution in [2.75, 3.05) is 25.1 Å². The van der Waals surface area contributed by atoms with E-state index < -0.39 is 0 Å². The fourth-order valence-corrected chi connectivity index (χ4v) is 1.91. The Balaban J connectivity index is 0.00000110. The molecular weight excluding hydrogens is 313 g/mol. The van der Waals surface area contributed by atoms with Crippen LogP contribution >= 0.6 is 24.8 Å². The predicted octanol–water partition coefficient (Wildman–Crippen LogP) is 2.12. The minimum Gasteiger partial charge on any atom is -0.378 e. The molecule has 1 aliphatic rings. The summed E-state index contributed by atoms with van der Waals surface area (Å²) in [6.07, 6.45) is 3.48. The van der Waals surface area contributed by atoms with Crippen LogP contribution < -0.4 is 10.6 Å². The molecule has 3 rings (SSSR count). The van der Waals surface area contributed by atoms with Crippen LogP contribution in [-0.2, 0) is 4.74 Å². The lowest BCUT2D eigenvalue weighted by Crippen LogP contribution is -2.35. The van der Waals surface area contributed by atoms with Gasteiger partial charge in [-0.25, -0.2) is 15.0 Å². The molecule has 21 heavy (non-hydrogen) atoms. The van der Waals surface area contributed by atoms with E-state index in [1.807, 2.05) is 24.3 Å². The predicted molar refractivity (Wildman–Crippen MR) is 85.6 cm³/mol. The molecule has 0 aliphatic carbocycles. The van der Waals surface area contributed by atoms with Gasteiger partial charge in [0.05, 0.1) is 19.3 Å². The Morgan fingerprint density at radius 2 is 2.00 bits per heavy atom. The summed E-state index contributed by atoms with van der Waals surface area (Å²) in [7, 11) is 0. The van der Waals surface area contributed by atoms with Crippen LogP contribution in [0.5, 0.6) is 0 Å². The second kappa shape index (κ2) is 8.74. The summed E-state index contributed by atoms with van der Waals surface area (Å²) < 4.78 is 5.42. The Morgan fingerprint density at radius 3 is 2.71 bits per heavy atom. The van der Waals surface area contributed by atoms with Gasteiger partial charge in [0.15, 0.2) is 0 Å². The van der Waals surface area contributed by atoms with Crippen molar-refractivity contribution in [2.24, 2.45) is 0 Å². The maximum atomic E-state index is 5.42. The first-order valence-electron chi connectivity index (χ1n) is 6.24. The highest BCUT2D eigenvalue weighted by Gasteiger charge is 2.18. The Bertz CT molecular complexity index is 537. The van der Waals surface area contributed by atoms with Crippen LogP contribution in [0.15, 0.2) is 36.7 Å². The number of hydrogen-bond acceptors (Lipinski definition) is 6. The third-order valence-electron chi connectivity index (χ3n) is 2.83. The zero-order valence-electron chi connectivity index (χ0n) is 11.2. The van der Waals surface area contributed by atoms with E-state index in [-0.39, 0.29) is 30.9 Å². The summed E-state index contributed by atoms with van der Waals surface area (Å²) in [5, 5.41) is 6.49. The van der Waals surface area contributed by atoms with Gasteiger partial charge in [0.1, 0.15) is 17.5 Å². The molecule has 0 spiro atoms. The van der Waals surface area contributed by atoms with E-state index in [2.05, 4.69) is 25.6 Å². The second-order valence-corrected chi connectivity index (χ2v) is 4.22. The number of nitrogens with one attached hydrogen (secondary N) is 2.